The number of fused-ring (bicyclic) bond motifs is 1. The van der Waals surface area contributed by atoms with E-state index in [0.717, 1.165) is 28.6 Å². The second-order valence-corrected chi connectivity index (χ2v) is 4.63. The summed E-state index contributed by atoms with van der Waals surface area (Å²) in [5.74, 6) is 0.900. The van der Waals surface area contributed by atoms with Gasteiger partial charge < -0.3 is 15.5 Å². The van der Waals surface area contributed by atoms with Gasteiger partial charge in [-0.05, 0) is 44.0 Å². The molecule has 17 heavy (non-hydrogen) atoms. The number of H-pyrrole nitrogens is 1. The number of rotatable bonds is 4. The van der Waals surface area contributed by atoms with Crippen molar-refractivity contribution in [2.24, 2.45) is 5.73 Å². The summed E-state index contributed by atoms with van der Waals surface area (Å²) in [6.45, 7) is 6.15. The summed E-state index contributed by atoms with van der Waals surface area (Å²) >= 11 is 0. The number of nitrogens with two attached hydrogens (primary N) is 1. The molecule has 0 amide bonds. The maximum absolute atomic E-state index is 6.10. The number of ether oxygens (including phenoxy) is 1. The SMILES string of the molecule is CC[C@H](N)c1c[nH]c2ccc(OC(C)C)cc12. The second kappa shape index (κ2) is 4.80. The Bertz CT molecular complexity index is 502. The summed E-state index contributed by atoms with van der Waals surface area (Å²) in [6.07, 6.45) is 3.12. The van der Waals surface area contributed by atoms with Crippen LogP contribution in [0.5, 0.6) is 5.75 Å². The van der Waals surface area contributed by atoms with Crippen molar-refractivity contribution in [2.45, 2.75) is 39.3 Å². The van der Waals surface area contributed by atoms with Crippen LogP contribution in [0.1, 0.15) is 38.8 Å². The van der Waals surface area contributed by atoms with E-state index in [9.17, 15) is 0 Å². The van der Waals surface area contributed by atoms with Gasteiger partial charge in [-0.25, -0.2) is 0 Å². The summed E-state index contributed by atoms with van der Waals surface area (Å²) in [5, 5.41) is 1.16. The van der Waals surface area contributed by atoms with Gasteiger partial charge in [0.25, 0.3) is 0 Å². The maximum Gasteiger partial charge on any atom is 0.120 e. The van der Waals surface area contributed by atoms with Gasteiger partial charge in [-0.15, -0.1) is 0 Å². The molecule has 2 aromatic rings. The van der Waals surface area contributed by atoms with Crippen molar-refractivity contribution in [3.05, 3.63) is 30.0 Å². The van der Waals surface area contributed by atoms with Gasteiger partial charge in [-0.2, -0.15) is 0 Å². The van der Waals surface area contributed by atoms with Gasteiger partial charge in [0.2, 0.25) is 0 Å². The summed E-state index contributed by atoms with van der Waals surface area (Å²) < 4.78 is 5.71. The van der Waals surface area contributed by atoms with Crippen molar-refractivity contribution in [1.82, 2.24) is 4.98 Å². The van der Waals surface area contributed by atoms with E-state index in [2.05, 4.69) is 18.0 Å². The maximum atomic E-state index is 6.10. The molecule has 0 aliphatic carbocycles. The van der Waals surface area contributed by atoms with Gasteiger partial charge in [-0.1, -0.05) is 6.92 Å². The lowest BCUT2D eigenvalue weighted by atomic mass is 10.0. The number of hydrogen-bond acceptors (Lipinski definition) is 2. The van der Waals surface area contributed by atoms with Crippen molar-refractivity contribution in [1.29, 1.82) is 0 Å². The quantitative estimate of drug-likeness (QED) is 0.849. The Labute approximate surface area is 102 Å². The summed E-state index contributed by atoms with van der Waals surface area (Å²) in [6, 6.07) is 6.17. The number of aromatic nitrogens is 1. The van der Waals surface area contributed by atoms with Crippen molar-refractivity contribution in [3.8, 4) is 5.75 Å². The van der Waals surface area contributed by atoms with Gasteiger partial charge in [0, 0.05) is 23.1 Å². The molecule has 0 saturated heterocycles. The first-order chi connectivity index (χ1) is 8.11. The molecule has 1 aromatic heterocycles. The van der Waals surface area contributed by atoms with Crippen LogP contribution in [-0.2, 0) is 0 Å². The third kappa shape index (κ3) is 2.44. The largest absolute Gasteiger partial charge is 0.491 e. The van der Waals surface area contributed by atoms with E-state index in [1.165, 1.54) is 0 Å². The average Bonchev–Trinajstić information content (AvgIpc) is 2.70. The minimum absolute atomic E-state index is 0.0815. The second-order valence-electron chi connectivity index (χ2n) is 4.63. The minimum Gasteiger partial charge on any atom is -0.491 e. The molecule has 0 saturated carbocycles. The normalized spacial score (nSPS) is 13.2. The third-order valence-electron chi connectivity index (χ3n) is 2.90. The highest BCUT2D eigenvalue weighted by Crippen LogP contribution is 2.28. The van der Waals surface area contributed by atoms with Crippen molar-refractivity contribution in [3.63, 3.8) is 0 Å². The Morgan fingerprint density at radius 3 is 2.76 bits per heavy atom. The molecule has 3 heteroatoms. The van der Waals surface area contributed by atoms with Crippen LogP contribution in [0.4, 0.5) is 0 Å². The standard InChI is InChI=1S/C14H20N2O/c1-4-13(15)12-8-16-14-6-5-10(7-11(12)14)17-9(2)3/h5-9,13,16H,4,15H2,1-3H3/t13-/m0/s1. The van der Waals surface area contributed by atoms with Crippen LogP contribution in [0.15, 0.2) is 24.4 Å². The molecule has 1 heterocycles. The Morgan fingerprint density at radius 2 is 2.12 bits per heavy atom. The molecule has 0 bridgehead atoms. The Balaban J connectivity index is 2.43. The lowest BCUT2D eigenvalue weighted by Gasteiger charge is -2.11. The van der Waals surface area contributed by atoms with Crippen LogP contribution in [0.2, 0.25) is 0 Å². The number of nitrogens with one attached hydrogen (secondary N) is 1. The van der Waals surface area contributed by atoms with E-state index in [-0.39, 0.29) is 12.1 Å². The summed E-state index contributed by atoms with van der Waals surface area (Å²) in [4.78, 5) is 3.25. The average molecular weight is 232 g/mol. The smallest absolute Gasteiger partial charge is 0.120 e. The highest BCUT2D eigenvalue weighted by molar-refractivity contribution is 5.85. The molecule has 92 valence electrons. The predicted molar refractivity (Wildman–Crippen MR) is 71.3 cm³/mol. The van der Waals surface area contributed by atoms with Crippen LogP contribution >= 0.6 is 0 Å². The minimum atomic E-state index is 0.0815. The van der Waals surface area contributed by atoms with Crippen LogP contribution in [0.3, 0.4) is 0 Å². The van der Waals surface area contributed by atoms with Crippen molar-refractivity contribution in [2.75, 3.05) is 0 Å². The van der Waals surface area contributed by atoms with Gasteiger partial charge in [0.1, 0.15) is 5.75 Å². The van der Waals surface area contributed by atoms with E-state index in [4.69, 9.17) is 10.5 Å². The van der Waals surface area contributed by atoms with Crippen molar-refractivity contribution < 1.29 is 4.74 Å². The summed E-state index contributed by atoms with van der Waals surface area (Å²) in [7, 11) is 0. The van der Waals surface area contributed by atoms with Gasteiger partial charge >= 0.3 is 0 Å². The molecule has 1 atom stereocenters. The zero-order valence-electron chi connectivity index (χ0n) is 10.7. The van der Waals surface area contributed by atoms with E-state index < -0.39 is 0 Å². The van der Waals surface area contributed by atoms with E-state index in [0.29, 0.717) is 0 Å². The van der Waals surface area contributed by atoms with Gasteiger partial charge in [-0.3, -0.25) is 0 Å². The Kier molecular flexibility index (Phi) is 3.38. The Hall–Kier alpha value is -1.48. The van der Waals surface area contributed by atoms with Gasteiger partial charge in [0.15, 0.2) is 0 Å². The van der Waals surface area contributed by atoms with E-state index in [1.807, 2.05) is 32.2 Å². The monoisotopic (exact) mass is 232 g/mol. The molecule has 1 aromatic carbocycles. The zero-order chi connectivity index (χ0) is 12.4. The fraction of sp³-hybridized carbons (Fsp3) is 0.429. The number of hydrogen-bond donors (Lipinski definition) is 2. The van der Waals surface area contributed by atoms with Crippen LogP contribution in [0, 0.1) is 0 Å². The number of benzene rings is 1. The predicted octanol–water partition coefficient (Wildman–Crippen LogP) is 3.36. The number of aromatic amines is 1. The first-order valence-electron chi connectivity index (χ1n) is 6.15. The van der Waals surface area contributed by atoms with E-state index >= 15 is 0 Å². The lowest BCUT2D eigenvalue weighted by Crippen LogP contribution is -2.08. The molecule has 0 aliphatic heterocycles. The molecule has 0 fully saturated rings. The molecule has 3 nitrogen and oxygen atoms in total. The fourth-order valence-corrected chi connectivity index (χ4v) is 1.99. The molecular weight excluding hydrogens is 212 g/mol. The topological polar surface area (TPSA) is 51.0 Å². The van der Waals surface area contributed by atoms with Crippen LogP contribution in [0.25, 0.3) is 10.9 Å². The zero-order valence-corrected chi connectivity index (χ0v) is 10.7. The molecule has 0 spiro atoms. The molecule has 3 N–H and O–H groups in total. The first-order valence-corrected chi connectivity index (χ1v) is 6.15. The molecule has 0 unspecified atom stereocenters. The fourth-order valence-electron chi connectivity index (χ4n) is 1.99. The Morgan fingerprint density at radius 1 is 1.35 bits per heavy atom. The molecule has 0 radical (unpaired) electrons. The lowest BCUT2D eigenvalue weighted by molar-refractivity contribution is 0.243. The third-order valence-corrected chi connectivity index (χ3v) is 2.90. The van der Waals surface area contributed by atoms with Gasteiger partial charge in [0.05, 0.1) is 6.10 Å². The van der Waals surface area contributed by atoms with E-state index in [1.54, 1.807) is 0 Å². The van der Waals surface area contributed by atoms with Crippen molar-refractivity contribution >= 4 is 10.9 Å². The molecule has 2 rings (SSSR count). The first kappa shape index (κ1) is 12.0. The summed E-state index contributed by atoms with van der Waals surface area (Å²) in [5.41, 5.74) is 8.37. The van der Waals surface area contributed by atoms with Crippen LogP contribution < -0.4 is 10.5 Å². The molecular formula is C14H20N2O. The highest BCUT2D eigenvalue weighted by atomic mass is 16.5. The molecule has 0 aliphatic rings. The van der Waals surface area contributed by atoms with Crippen LogP contribution in [-0.4, -0.2) is 11.1 Å². The highest BCUT2D eigenvalue weighted by Gasteiger charge is 2.11.